The van der Waals surface area contributed by atoms with E-state index in [1.807, 2.05) is 0 Å². The molecule has 0 aromatic heterocycles. The zero-order chi connectivity index (χ0) is 30.3. The van der Waals surface area contributed by atoms with Gasteiger partial charge in [0, 0.05) is 6.08 Å². The van der Waals surface area contributed by atoms with Crippen molar-refractivity contribution in [1.82, 2.24) is 0 Å². The number of carbonyl (C=O) groups is 5. The van der Waals surface area contributed by atoms with Gasteiger partial charge in [0.05, 0.1) is 44.0 Å². The van der Waals surface area contributed by atoms with Crippen molar-refractivity contribution in [3.8, 4) is 11.5 Å². The molecule has 0 N–H and O–H groups in total. The highest BCUT2D eigenvalue weighted by atomic mass is 16.6. The summed E-state index contributed by atoms with van der Waals surface area (Å²) in [6.45, 7) is 4.30. The molecular formula is C32H42O10. The standard InChI is InChI=1S/C32H42O10/c1-3-28(33)40-21-7-5-4-6-20-39-26-16-18-27(19-17-26)41-30(35)23-12-14-25(15-13-23)32(37)42-31(36)24-10-8-22(9-11-24)29(34)38-2/h3,16-19,22-25H,1,4-15,20-21H2,2H3. The Hall–Kier alpha value is -3.69. The monoisotopic (exact) mass is 586 g/mol. The van der Waals surface area contributed by atoms with E-state index in [-0.39, 0.29) is 29.7 Å². The van der Waals surface area contributed by atoms with Crippen LogP contribution in [0.2, 0.25) is 0 Å². The topological polar surface area (TPSA) is 132 Å². The van der Waals surface area contributed by atoms with Crippen LogP contribution in [0.15, 0.2) is 36.9 Å². The number of esters is 5. The van der Waals surface area contributed by atoms with Crippen LogP contribution in [0, 0.1) is 23.7 Å². The van der Waals surface area contributed by atoms with Crippen molar-refractivity contribution < 1.29 is 47.7 Å². The molecule has 2 aliphatic carbocycles. The number of ether oxygens (including phenoxy) is 5. The van der Waals surface area contributed by atoms with Crippen molar-refractivity contribution in [2.45, 2.75) is 77.0 Å². The van der Waals surface area contributed by atoms with Crippen LogP contribution in [0.4, 0.5) is 0 Å². The average molecular weight is 587 g/mol. The Morgan fingerprint density at radius 3 is 1.62 bits per heavy atom. The van der Waals surface area contributed by atoms with Crippen molar-refractivity contribution in [3.63, 3.8) is 0 Å². The average Bonchev–Trinajstić information content (AvgIpc) is 3.02. The zero-order valence-electron chi connectivity index (χ0n) is 24.4. The highest BCUT2D eigenvalue weighted by Crippen LogP contribution is 2.33. The Kier molecular flexibility index (Phi) is 13.5. The van der Waals surface area contributed by atoms with Gasteiger partial charge in [0.15, 0.2) is 0 Å². The van der Waals surface area contributed by atoms with Crippen LogP contribution in [0.3, 0.4) is 0 Å². The van der Waals surface area contributed by atoms with Crippen LogP contribution >= 0.6 is 0 Å². The van der Waals surface area contributed by atoms with Gasteiger partial charge in [-0.05, 0) is 101 Å². The lowest BCUT2D eigenvalue weighted by Gasteiger charge is -2.27. The second-order valence-corrected chi connectivity index (χ2v) is 10.9. The van der Waals surface area contributed by atoms with Gasteiger partial charge in [0.2, 0.25) is 0 Å². The molecule has 0 radical (unpaired) electrons. The third-order valence-corrected chi connectivity index (χ3v) is 7.95. The maximum Gasteiger partial charge on any atom is 0.330 e. The van der Waals surface area contributed by atoms with E-state index in [0.717, 1.165) is 31.8 Å². The van der Waals surface area contributed by atoms with E-state index in [1.54, 1.807) is 24.3 Å². The van der Waals surface area contributed by atoms with Crippen LogP contribution in [0.5, 0.6) is 11.5 Å². The molecule has 2 aliphatic rings. The van der Waals surface area contributed by atoms with Gasteiger partial charge >= 0.3 is 29.8 Å². The number of methoxy groups -OCH3 is 1. The van der Waals surface area contributed by atoms with Gasteiger partial charge in [-0.3, -0.25) is 19.2 Å². The molecule has 0 heterocycles. The summed E-state index contributed by atoms with van der Waals surface area (Å²) in [6.07, 6.45) is 8.66. The minimum Gasteiger partial charge on any atom is -0.494 e. The Balaban J connectivity index is 1.29. The fourth-order valence-electron chi connectivity index (χ4n) is 5.34. The van der Waals surface area contributed by atoms with Crippen molar-refractivity contribution in [1.29, 1.82) is 0 Å². The van der Waals surface area contributed by atoms with Crippen molar-refractivity contribution in [2.24, 2.45) is 23.7 Å². The number of unbranched alkanes of at least 4 members (excludes halogenated alkanes) is 3. The summed E-state index contributed by atoms with van der Waals surface area (Å²) in [5.41, 5.74) is 0. The van der Waals surface area contributed by atoms with Gasteiger partial charge < -0.3 is 23.7 Å². The van der Waals surface area contributed by atoms with Crippen LogP contribution in [0.1, 0.15) is 77.0 Å². The number of rotatable bonds is 14. The normalized spacial score (nSPS) is 21.8. The molecule has 0 bridgehead atoms. The highest BCUT2D eigenvalue weighted by Gasteiger charge is 2.36. The summed E-state index contributed by atoms with van der Waals surface area (Å²) in [5.74, 6) is -2.29. The molecule has 230 valence electrons. The van der Waals surface area contributed by atoms with Crippen LogP contribution in [-0.4, -0.2) is 50.2 Å². The first-order valence-corrected chi connectivity index (χ1v) is 14.9. The summed E-state index contributed by atoms with van der Waals surface area (Å²) in [6, 6.07) is 6.88. The fraction of sp³-hybridized carbons (Fsp3) is 0.594. The van der Waals surface area contributed by atoms with Crippen molar-refractivity contribution in [3.05, 3.63) is 36.9 Å². The number of benzene rings is 1. The summed E-state index contributed by atoms with van der Waals surface area (Å²) < 4.78 is 26.2. The SMILES string of the molecule is C=CC(=O)OCCCCCCOc1ccc(OC(=O)C2CCC(C(=O)OC(=O)C3CCC(C(=O)OC)CC3)CC2)cc1. The van der Waals surface area contributed by atoms with Gasteiger partial charge in [-0.2, -0.15) is 0 Å². The first-order chi connectivity index (χ1) is 20.3. The van der Waals surface area contributed by atoms with Crippen LogP contribution in [-0.2, 0) is 38.2 Å². The Morgan fingerprint density at radius 1 is 0.667 bits per heavy atom. The van der Waals surface area contributed by atoms with Gasteiger partial charge in [-0.25, -0.2) is 4.79 Å². The Morgan fingerprint density at radius 2 is 1.12 bits per heavy atom. The van der Waals surface area contributed by atoms with E-state index in [2.05, 4.69) is 6.58 Å². The summed E-state index contributed by atoms with van der Waals surface area (Å²) in [5, 5.41) is 0. The van der Waals surface area contributed by atoms with Gasteiger partial charge in [0.25, 0.3) is 0 Å². The molecule has 42 heavy (non-hydrogen) atoms. The van der Waals surface area contributed by atoms with Crippen LogP contribution < -0.4 is 9.47 Å². The molecule has 0 atom stereocenters. The highest BCUT2D eigenvalue weighted by molar-refractivity contribution is 5.88. The molecular weight excluding hydrogens is 544 g/mol. The number of hydrogen-bond acceptors (Lipinski definition) is 10. The summed E-state index contributed by atoms with van der Waals surface area (Å²) in [7, 11) is 1.35. The third-order valence-electron chi connectivity index (χ3n) is 7.95. The molecule has 1 aromatic rings. The molecule has 10 nitrogen and oxygen atoms in total. The molecule has 10 heteroatoms. The minimum absolute atomic E-state index is 0.202. The molecule has 0 unspecified atom stereocenters. The number of carbonyl (C=O) groups excluding carboxylic acids is 5. The molecule has 3 rings (SSSR count). The molecule has 2 fully saturated rings. The predicted octanol–water partition coefficient (Wildman–Crippen LogP) is 5.12. The van der Waals surface area contributed by atoms with Crippen molar-refractivity contribution in [2.75, 3.05) is 20.3 Å². The van der Waals surface area contributed by atoms with Crippen LogP contribution in [0.25, 0.3) is 0 Å². The first-order valence-electron chi connectivity index (χ1n) is 14.9. The largest absolute Gasteiger partial charge is 0.494 e. The third kappa shape index (κ3) is 10.6. The van der Waals surface area contributed by atoms with Gasteiger partial charge in [0.1, 0.15) is 11.5 Å². The first kappa shape index (κ1) is 32.8. The molecule has 0 aliphatic heterocycles. The minimum atomic E-state index is -0.536. The summed E-state index contributed by atoms with van der Waals surface area (Å²) in [4.78, 5) is 60.4. The van der Waals surface area contributed by atoms with E-state index in [0.29, 0.717) is 76.1 Å². The smallest absolute Gasteiger partial charge is 0.330 e. The Bertz CT molecular complexity index is 1060. The van der Waals surface area contributed by atoms with Gasteiger partial charge in [-0.15, -0.1) is 0 Å². The second kappa shape index (κ2) is 17.3. The predicted molar refractivity (Wildman–Crippen MR) is 151 cm³/mol. The van der Waals surface area contributed by atoms with E-state index < -0.39 is 23.8 Å². The second-order valence-electron chi connectivity index (χ2n) is 10.9. The molecule has 0 spiro atoms. The van der Waals surface area contributed by atoms with E-state index in [4.69, 9.17) is 23.7 Å². The van der Waals surface area contributed by atoms with E-state index >= 15 is 0 Å². The molecule has 0 amide bonds. The molecule has 0 saturated heterocycles. The number of hydrogen-bond donors (Lipinski definition) is 0. The lowest BCUT2D eigenvalue weighted by atomic mass is 9.81. The lowest BCUT2D eigenvalue weighted by molar-refractivity contribution is -0.168. The maximum absolute atomic E-state index is 12.7. The fourth-order valence-corrected chi connectivity index (χ4v) is 5.34. The van der Waals surface area contributed by atoms with Crippen molar-refractivity contribution >= 4 is 29.8 Å². The zero-order valence-corrected chi connectivity index (χ0v) is 24.4. The van der Waals surface area contributed by atoms with Gasteiger partial charge in [-0.1, -0.05) is 6.58 Å². The van der Waals surface area contributed by atoms with E-state index in [9.17, 15) is 24.0 Å². The maximum atomic E-state index is 12.7. The van der Waals surface area contributed by atoms with E-state index in [1.165, 1.54) is 7.11 Å². The quantitative estimate of drug-likeness (QED) is 0.0723. The molecule has 2 saturated carbocycles. The summed E-state index contributed by atoms with van der Waals surface area (Å²) >= 11 is 0. The Labute approximate surface area is 247 Å². The lowest BCUT2D eigenvalue weighted by Crippen LogP contribution is -2.33. The molecule has 1 aromatic carbocycles.